The van der Waals surface area contributed by atoms with E-state index in [9.17, 15) is 9.90 Å². The summed E-state index contributed by atoms with van der Waals surface area (Å²) in [6.45, 7) is 1.35. The molecule has 106 valence electrons. The van der Waals surface area contributed by atoms with E-state index in [0.717, 1.165) is 24.9 Å². The number of benzene rings is 1. The molecule has 0 bridgehead atoms. The molecule has 0 aliphatic carbocycles. The van der Waals surface area contributed by atoms with Gasteiger partial charge in [0, 0.05) is 30.8 Å². The van der Waals surface area contributed by atoms with Crippen molar-refractivity contribution in [3.05, 3.63) is 35.4 Å². The second-order valence-electron chi connectivity index (χ2n) is 4.98. The maximum absolute atomic E-state index is 12.4. The fourth-order valence-electron chi connectivity index (χ4n) is 2.42. The highest BCUT2D eigenvalue weighted by molar-refractivity contribution is 5.94. The molecule has 1 aliphatic heterocycles. The molecule has 1 heterocycles. The lowest BCUT2D eigenvalue weighted by molar-refractivity contribution is 0.0620. The van der Waals surface area contributed by atoms with Crippen LogP contribution in [0.15, 0.2) is 24.3 Å². The van der Waals surface area contributed by atoms with E-state index in [-0.39, 0.29) is 25.0 Å². The van der Waals surface area contributed by atoms with Crippen molar-refractivity contribution in [2.24, 2.45) is 5.92 Å². The third-order valence-electron chi connectivity index (χ3n) is 3.51. The van der Waals surface area contributed by atoms with Crippen LogP contribution in [0.2, 0.25) is 0 Å². The lowest BCUT2D eigenvalue weighted by Crippen LogP contribution is -2.40. The highest BCUT2D eigenvalue weighted by atomic mass is 16.3. The Morgan fingerprint density at radius 1 is 1.30 bits per heavy atom. The molecule has 1 unspecified atom stereocenters. The normalized spacial score (nSPS) is 18.3. The molecule has 20 heavy (non-hydrogen) atoms. The number of aliphatic hydroxyl groups is 2. The summed E-state index contributed by atoms with van der Waals surface area (Å²) < 4.78 is 0. The Bertz CT molecular complexity index is 513. The van der Waals surface area contributed by atoms with Gasteiger partial charge in [0.2, 0.25) is 0 Å². The van der Waals surface area contributed by atoms with Gasteiger partial charge in [-0.2, -0.15) is 0 Å². The van der Waals surface area contributed by atoms with Crippen molar-refractivity contribution in [3.63, 3.8) is 0 Å². The van der Waals surface area contributed by atoms with E-state index in [1.807, 2.05) is 0 Å². The van der Waals surface area contributed by atoms with E-state index in [0.29, 0.717) is 12.1 Å². The van der Waals surface area contributed by atoms with Crippen LogP contribution < -0.4 is 0 Å². The maximum Gasteiger partial charge on any atom is 0.253 e. The number of rotatable bonds is 2. The molecule has 1 amide bonds. The Labute approximate surface area is 119 Å². The van der Waals surface area contributed by atoms with Gasteiger partial charge in [0.25, 0.3) is 5.91 Å². The molecule has 4 heteroatoms. The average Bonchev–Trinajstić information content (AvgIpc) is 2.52. The summed E-state index contributed by atoms with van der Waals surface area (Å²) in [5.41, 5.74) is 1.42. The fourth-order valence-corrected chi connectivity index (χ4v) is 2.42. The number of nitrogens with zero attached hydrogens (tertiary/aromatic N) is 1. The van der Waals surface area contributed by atoms with Crippen LogP contribution in [0, 0.1) is 17.8 Å². The van der Waals surface area contributed by atoms with E-state index in [2.05, 4.69) is 11.8 Å². The second-order valence-corrected chi connectivity index (χ2v) is 4.98. The minimum Gasteiger partial charge on any atom is -0.396 e. The minimum absolute atomic E-state index is 0.00446. The molecule has 2 N–H and O–H groups in total. The Hall–Kier alpha value is -1.83. The molecule has 1 fully saturated rings. The quantitative estimate of drug-likeness (QED) is 0.786. The number of hydrogen-bond donors (Lipinski definition) is 2. The van der Waals surface area contributed by atoms with Crippen LogP contribution in [-0.4, -0.2) is 47.3 Å². The van der Waals surface area contributed by atoms with Gasteiger partial charge in [0.15, 0.2) is 0 Å². The molecule has 2 rings (SSSR count). The molecule has 0 radical (unpaired) electrons. The summed E-state index contributed by atoms with van der Waals surface area (Å²) in [4.78, 5) is 14.2. The van der Waals surface area contributed by atoms with Gasteiger partial charge in [-0.25, -0.2) is 0 Å². The maximum atomic E-state index is 12.4. The zero-order valence-electron chi connectivity index (χ0n) is 11.4. The minimum atomic E-state index is -0.170. The third kappa shape index (κ3) is 3.60. The van der Waals surface area contributed by atoms with Crippen LogP contribution in [0.25, 0.3) is 0 Å². The first kappa shape index (κ1) is 14.6. The Morgan fingerprint density at radius 2 is 2.05 bits per heavy atom. The number of aliphatic hydroxyl groups excluding tert-OH is 2. The van der Waals surface area contributed by atoms with E-state index in [1.165, 1.54) is 0 Å². The Morgan fingerprint density at radius 3 is 2.70 bits per heavy atom. The molecule has 0 spiro atoms. The number of likely N-dealkylation sites (tertiary alicyclic amines) is 1. The molecular weight excluding hydrogens is 254 g/mol. The number of hydrogen-bond acceptors (Lipinski definition) is 3. The summed E-state index contributed by atoms with van der Waals surface area (Å²) in [6.07, 6.45) is 1.92. The van der Waals surface area contributed by atoms with Gasteiger partial charge in [-0.15, -0.1) is 0 Å². The first-order valence-electron chi connectivity index (χ1n) is 6.84. The largest absolute Gasteiger partial charge is 0.396 e. The third-order valence-corrected chi connectivity index (χ3v) is 3.51. The zero-order chi connectivity index (χ0) is 14.4. The van der Waals surface area contributed by atoms with E-state index in [1.54, 1.807) is 29.2 Å². The highest BCUT2D eigenvalue weighted by Crippen LogP contribution is 2.18. The number of piperidine rings is 1. The van der Waals surface area contributed by atoms with Crippen LogP contribution in [0.3, 0.4) is 0 Å². The number of carbonyl (C=O) groups excluding carboxylic acids is 1. The fraction of sp³-hybridized carbons (Fsp3) is 0.438. The molecule has 1 aliphatic rings. The number of carbonyl (C=O) groups is 1. The topological polar surface area (TPSA) is 60.8 Å². The average molecular weight is 273 g/mol. The van der Waals surface area contributed by atoms with Crippen LogP contribution in [-0.2, 0) is 0 Å². The van der Waals surface area contributed by atoms with Crippen LogP contribution >= 0.6 is 0 Å². The lowest BCUT2D eigenvalue weighted by atomic mass is 9.98. The van der Waals surface area contributed by atoms with E-state index < -0.39 is 0 Å². The number of amides is 1. The van der Waals surface area contributed by atoms with Crippen molar-refractivity contribution in [2.75, 3.05) is 26.3 Å². The van der Waals surface area contributed by atoms with Gasteiger partial charge >= 0.3 is 0 Å². The van der Waals surface area contributed by atoms with Gasteiger partial charge in [-0.3, -0.25) is 4.79 Å². The highest BCUT2D eigenvalue weighted by Gasteiger charge is 2.23. The predicted octanol–water partition coefficient (Wildman–Crippen LogP) is 0.875. The molecular formula is C16H19NO3. The molecule has 0 aromatic heterocycles. The van der Waals surface area contributed by atoms with E-state index >= 15 is 0 Å². The Kier molecular flexibility index (Phi) is 5.16. The van der Waals surface area contributed by atoms with Crippen LogP contribution in [0.1, 0.15) is 28.8 Å². The molecule has 0 saturated carbocycles. The molecule has 1 aromatic carbocycles. The summed E-state index contributed by atoms with van der Waals surface area (Å²) in [7, 11) is 0. The Balaban J connectivity index is 2.05. The molecule has 1 aromatic rings. The van der Waals surface area contributed by atoms with Gasteiger partial charge in [0.1, 0.15) is 6.61 Å². The molecule has 1 atom stereocenters. The monoisotopic (exact) mass is 273 g/mol. The predicted molar refractivity (Wildman–Crippen MR) is 76.1 cm³/mol. The molecule has 4 nitrogen and oxygen atoms in total. The van der Waals surface area contributed by atoms with Gasteiger partial charge in [0.05, 0.1) is 0 Å². The van der Waals surface area contributed by atoms with Crippen molar-refractivity contribution < 1.29 is 15.0 Å². The summed E-state index contributed by atoms with van der Waals surface area (Å²) in [5, 5.41) is 17.8. The zero-order valence-corrected chi connectivity index (χ0v) is 11.4. The standard InChI is InChI=1S/C16H19NO3/c18-10-2-4-13-5-7-15(8-6-13)16(20)17-9-1-3-14(11-17)12-19/h5-8,14,18-19H,1,3,9-12H2. The summed E-state index contributed by atoms with van der Waals surface area (Å²) >= 11 is 0. The van der Waals surface area contributed by atoms with Crippen molar-refractivity contribution in [1.82, 2.24) is 4.90 Å². The smallest absolute Gasteiger partial charge is 0.253 e. The van der Waals surface area contributed by atoms with Crippen molar-refractivity contribution in [3.8, 4) is 11.8 Å². The first-order chi connectivity index (χ1) is 9.74. The second kappa shape index (κ2) is 7.09. The van der Waals surface area contributed by atoms with Gasteiger partial charge < -0.3 is 15.1 Å². The van der Waals surface area contributed by atoms with Gasteiger partial charge in [-0.1, -0.05) is 11.8 Å². The summed E-state index contributed by atoms with van der Waals surface area (Å²) in [5.74, 6) is 5.57. The van der Waals surface area contributed by atoms with Gasteiger partial charge in [-0.05, 0) is 43.0 Å². The van der Waals surface area contributed by atoms with Crippen molar-refractivity contribution >= 4 is 5.91 Å². The summed E-state index contributed by atoms with van der Waals surface area (Å²) in [6, 6.07) is 7.07. The van der Waals surface area contributed by atoms with Crippen LogP contribution in [0.5, 0.6) is 0 Å². The SMILES string of the molecule is O=C(c1ccc(C#CCO)cc1)N1CCCC(CO)C1. The van der Waals surface area contributed by atoms with E-state index in [4.69, 9.17) is 5.11 Å². The lowest BCUT2D eigenvalue weighted by Gasteiger charge is -2.31. The van der Waals surface area contributed by atoms with Crippen LogP contribution in [0.4, 0.5) is 0 Å². The first-order valence-corrected chi connectivity index (χ1v) is 6.84. The van der Waals surface area contributed by atoms with Crippen molar-refractivity contribution in [1.29, 1.82) is 0 Å². The molecule has 1 saturated heterocycles. The van der Waals surface area contributed by atoms with Crippen molar-refractivity contribution in [2.45, 2.75) is 12.8 Å².